The van der Waals surface area contributed by atoms with Crippen LogP contribution in [-0.4, -0.2) is 19.1 Å². The number of carbonyl (C=O) groups excluding carboxylic acids is 1. The summed E-state index contributed by atoms with van der Waals surface area (Å²) in [5.74, 6) is -0.202. The first-order valence-electron chi connectivity index (χ1n) is 5.99. The van der Waals surface area contributed by atoms with Crippen LogP contribution in [0.15, 0.2) is 24.3 Å². The number of aryl methyl sites for hydroxylation is 1. The Morgan fingerprint density at radius 1 is 1.35 bits per heavy atom. The summed E-state index contributed by atoms with van der Waals surface area (Å²) >= 11 is 0. The van der Waals surface area contributed by atoms with E-state index >= 15 is 0 Å². The first-order valence-corrected chi connectivity index (χ1v) is 5.99. The number of nitrogens with one attached hydrogen (secondary N) is 1. The van der Waals surface area contributed by atoms with Crippen LogP contribution >= 0.6 is 0 Å². The van der Waals surface area contributed by atoms with Crippen molar-refractivity contribution in [2.45, 2.75) is 39.3 Å². The number of ether oxygens (including phenoxy) is 1. The highest BCUT2D eigenvalue weighted by atomic mass is 16.5. The smallest absolute Gasteiger partial charge is 0.322 e. The van der Waals surface area contributed by atoms with Crippen molar-refractivity contribution in [1.82, 2.24) is 5.32 Å². The van der Waals surface area contributed by atoms with Gasteiger partial charge in [-0.05, 0) is 25.8 Å². The van der Waals surface area contributed by atoms with Gasteiger partial charge in [-0.25, -0.2) is 0 Å². The average molecular weight is 235 g/mol. The number of esters is 1. The van der Waals surface area contributed by atoms with Crippen LogP contribution in [0.3, 0.4) is 0 Å². The molecule has 0 aliphatic heterocycles. The molecule has 0 saturated heterocycles. The maximum absolute atomic E-state index is 11.5. The van der Waals surface area contributed by atoms with E-state index in [4.69, 9.17) is 4.74 Å². The van der Waals surface area contributed by atoms with E-state index in [1.54, 1.807) is 0 Å². The van der Waals surface area contributed by atoms with E-state index < -0.39 is 0 Å². The molecule has 0 heterocycles. The quantitative estimate of drug-likeness (QED) is 0.797. The number of carbonyl (C=O) groups is 1. The lowest BCUT2D eigenvalue weighted by atomic mass is 10.1. The van der Waals surface area contributed by atoms with E-state index in [0.29, 0.717) is 0 Å². The summed E-state index contributed by atoms with van der Waals surface area (Å²) in [6.07, 6.45) is 0.725. The normalized spacial score (nSPS) is 14.1. The molecule has 0 radical (unpaired) electrons. The summed E-state index contributed by atoms with van der Waals surface area (Å²) in [6.45, 7) is 6.08. The second-order valence-electron chi connectivity index (χ2n) is 4.28. The van der Waals surface area contributed by atoms with Crippen LogP contribution in [0.4, 0.5) is 0 Å². The van der Waals surface area contributed by atoms with Crippen molar-refractivity contribution in [3.05, 3.63) is 35.4 Å². The van der Waals surface area contributed by atoms with Gasteiger partial charge in [0.1, 0.15) is 6.04 Å². The van der Waals surface area contributed by atoms with Crippen LogP contribution in [-0.2, 0) is 9.53 Å². The van der Waals surface area contributed by atoms with Crippen molar-refractivity contribution >= 4 is 5.97 Å². The highest BCUT2D eigenvalue weighted by molar-refractivity contribution is 5.75. The van der Waals surface area contributed by atoms with Crippen molar-refractivity contribution in [3.63, 3.8) is 0 Å². The molecule has 0 amide bonds. The molecule has 1 N–H and O–H groups in total. The van der Waals surface area contributed by atoms with E-state index in [1.165, 1.54) is 18.2 Å². The summed E-state index contributed by atoms with van der Waals surface area (Å²) in [7, 11) is 1.42. The lowest BCUT2D eigenvalue weighted by Gasteiger charge is -2.20. The molecule has 94 valence electrons. The third kappa shape index (κ3) is 3.86. The zero-order chi connectivity index (χ0) is 12.8. The molecule has 1 aromatic rings. The Morgan fingerprint density at radius 3 is 2.41 bits per heavy atom. The zero-order valence-corrected chi connectivity index (χ0v) is 11.0. The summed E-state index contributed by atoms with van der Waals surface area (Å²) < 4.78 is 4.76. The molecule has 0 aliphatic carbocycles. The second-order valence-corrected chi connectivity index (χ2v) is 4.28. The molecule has 2 atom stereocenters. The standard InChI is InChI=1S/C14H21NO2/c1-5-13(14(16)17-4)15-11(3)12-8-6-10(2)7-9-12/h6-9,11,13,15H,5H2,1-4H3/t11-,13?/m0/s1. The number of hydrogen-bond acceptors (Lipinski definition) is 3. The average Bonchev–Trinajstić information content (AvgIpc) is 2.35. The molecule has 1 unspecified atom stereocenters. The van der Waals surface area contributed by atoms with Gasteiger partial charge in [-0.2, -0.15) is 0 Å². The van der Waals surface area contributed by atoms with Gasteiger partial charge < -0.3 is 4.74 Å². The molecule has 17 heavy (non-hydrogen) atoms. The van der Waals surface area contributed by atoms with Crippen LogP contribution in [0, 0.1) is 6.92 Å². The highest BCUT2D eigenvalue weighted by Crippen LogP contribution is 2.14. The Bertz CT molecular complexity index is 359. The van der Waals surface area contributed by atoms with Crippen molar-refractivity contribution in [1.29, 1.82) is 0 Å². The largest absolute Gasteiger partial charge is 0.468 e. The van der Waals surface area contributed by atoms with Gasteiger partial charge in [-0.3, -0.25) is 10.1 Å². The second kappa shape index (κ2) is 6.40. The van der Waals surface area contributed by atoms with Gasteiger partial charge in [-0.15, -0.1) is 0 Å². The Hall–Kier alpha value is -1.35. The van der Waals surface area contributed by atoms with Gasteiger partial charge >= 0.3 is 5.97 Å². The van der Waals surface area contributed by atoms with Crippen molar-refractivity contribution in [2.24, 2.45) is 0 Å². The minimum atomic E-state index is -0.240. The maximum Gasteiger partial charge on any atom is 0.322 e. The van der Waals surface area contributed by atoms with Crippen LogP contribution in [0.2, 0.25) is 0 Å². The molecule has 0 bridgehead atoms. The Kier molecular flexibility index (Phi) is 5.16. The molecule has 0 fully saturated rings. The monoisotopic (exact) mass is 235 g/mol. The molecule has 0 spiro atoms. The predicted molar refractivity (Wildman–Crippen MR) is 68.8 cm³/mol. The van der Waals surface area contributed by atoms with Gasteiger partial charge in [-0.1, -0.05) is 36.8 Å². The molecule has 1 aromatic carbocycles. The van der Waals surface area contributed by atoms with Crippen LogP contribution in [0.25, 0.3) is 0 Å². The number of rotatable bonds is 5. The fraction of sp³-hybridized carbons (Fsp3) is 0.500. The Morgan fingerprint density at radius 2 is 1.94 bits per heavy atom. The van der Waals surface area contributed by atoms with Crippen LogP contribution in [0.5, 0.6) is 0 Å². The van der Waals surface area contributed by atoms with Gasteiger partial charge in [0, 0.05) is 6.04 Å². The third-order valence-corrected chi connectivity index (χ3v) is 2.92. The lowest BCUT2D eigenvalue weighted by Crippen LogP contribution is -2.38. The van der Waals surface area contributed by atoms with E-state index in [-0.39, 0.29) is 18.1 Å². The van der Waals surface area contributed by atoms with E-state index in [2.05, 4.69) is 43.4 Å². The zero-order valence-electron chi connectivity index (χ0n) is 11.0. The third-order valence-electron chi connectivity index (χ3n) is 2.92. The maximum atomic E-state index is 11.5. The van der Waals surface area contributed by atoms with E-state index in [1.807, 2.05) is 6.92 Å². The van der Waals surface area contributed by atoms with Gasteiger partial charge in [0.25, 0.3) is 0 Å². The van der Waals surface area contributed by atoms with Crippen LogP contribution in [0.1, 0.15) is 37.4 Å². The fourth-order valence-corrected chi connectivity index (χ4v) is 1.75. The molecule has 1 rings (SSSR count). The van der Waals surface area contributed by atoms with Gasteiger partial charge in [0.05, 0.1) is 7.11 Å². The summed E-state index contributed by atoms with van der Waals surface area (Å²) in [4.78, 5) is 11.5. The SMILES string of the molecule is CCC(N[C@@H](C)c1ccc(C)cc1)C(=O)OC. The Balaban J connectivity index is 2.67. The molecule has 3 heteroatoms. The first-order chi connectivity index (χ1) is 8.08. The van der Waals surface area contributed by atoms with Crippen molar-refractivity contribution in [3.8, 4) is 0 Å². The van der Waals surface area contributed by atoms with E-state index in [9.17, 15) is 4.79 Å². The number of methoxy groups -OCH3 is 1. The molecule has 0 saturated carbocycles. The highest BCUT2D eigenvalue weighted by Gasteiger charge is 2.19. The Labute approximate surface area is 103 Å². The van der Waals surface area contributed by atoms with Gasteiger partial charge in [0.15, 0.2) is 0 Å². The van der Waals surface area contributed by atoms with E-state index in [0.717, 1.165) is 6.42 Å². The van der Waals surface area contributed by atoms with Gasteiger partial charge in [0.2, 0.25) is 0 Å². The minimum absolute atomic E-state index is 0.139. The molecule has 0 aromatic heterocycles. The molecule has 3 nitrogen and oxygen atoms in total. The molecular formula is C14H21NO2. The summed E-state index contributed by atoms with van der Waals surface area (Å²) in [5.41, 5.74) is 2.42. The molecule has 0 aliphatic rings. The number of benzene rings is 1. The predicted octanol–water partition coefficient (Wildman–Crippen LogP) is 2.60. The van der Waals surface area contributed by atoms with Crippen molar-refractivity contribution in [2.75, 3.05) is 7.11 Å². The summed E-state index contributed by atoms with van der Waals surface area (Å²) in [6, 6.07) is 8.21. The topological polar surface area (TPSA) is 38.3 Å². The molecular weight excluding hydrogens is 214 g/mol. The first kappa shape index (κ1) is 13.7. The lowest BCUT2D eigenvalue weighted by molar-refractivity contribution is -0.143. The fourth-order valence-electron chi connectivity index (χ4n) is 1.75. The number of hydrogen-bond donors (Lipinski definition) is 1. The van der Waals surface area contributed by atoms with Crippen molar-refractivity contribution < 1.29 is 9.53 Å². The van der Waals surface area contributed by atoms with Crippen LogP contribution < -0.4 is 5.32 Å². The minimum Gasteiger partial charge on any atom is -0.468 e. The summed E-state index contributed by atoms with van der Waals surface area (Å²) in [5, 5.41) is 3.28.